The first-order valence-corrected chi connectivity index (χ1v) is 9.21. The lowest BCUT2D eigenvalue weighted by molar-refractivity contribution is -0.125. The van der Waals surface area contributed by atoms with E-state index < -0.39 is 0 Å². The lowest BCUT2D eigenvalue weighted by atomic mass is 9.93. The molecule has 25 heavy (non-hydrogen) atoms. The van der Waals surface area contributed by atoms with Gasteiger partial charge in [0.1, 0.15) is 0 Å². The molecule has 1 atom stereocenters. The number of hydrogen-bond donors (Lipinski definition) is 3. The van der Waals surface area contributed by atoms with E-state index in [1.807, 2.05) is 6.92 Å². The highest BCUT2D eigenvalue weighted by molar-refractivity contribution is 5.85. The molecule has 1 aromatic carbocycles. The molecular weight excluding hydrogens is 314 g/mol. The van der Waals surface area contributed by atoms with Gasteiger partial charge in [-0.2, -0.15) is 0 Å². The number of benzene rings is 1. The summed E-state index contributed by atoms with van der Waals surface area (Å²) in [6, 6.07) is 8.65. The molecular formula is C20H33N3O2. The van der Waals surface area contributed by atoms with E-state index in [4.69, 9.17) is 0 Å². The molecule has 0 heterocycles. The Bertz CT molecular complexity index is 538. The van der Waals surface area contributed by atoms with Gasteiger partial charge in [0.2, 0.25) is 11.8 Å². The van der Waals surface area contributed by atoms with Crippen LogP contribution in [-0.4, -0.2) is 31.4 Å². The van der Waals surface area contributed by atoms with Crippen molar-refractivity contribution in [1.82, 2.24) is 16.0 Å². The fourth-order valence-electron chi connectivity index (χ4n) is 2.60. The van der Waals surface area contributed by atoms with Crippen molar-refractivity contribution in [2.24, 2.45) is 5.92 Å². The third-order valence-corrected chi connectivity index (χ3v) is 4.13. The van der Waals surface area contributed by atoms with Crippen LogP contribution in [0.3, 0.4) is 0 Å². The number of rotatable bonds is 10. The minimum atomic E-state index is -0.170. The van der Waals surface area contributed by atoms with Crippen molar-refractivity contribution >= 4 is 11.8 Å². The van der Waals surface area contributed by atoms with Gasteiger partial charge in [0.05, 0.1) is 13.1 Å². The van der Waals surface area contributed by atoms with Crippen LogP contribution in [0.2, 0.25) is 0 Å². The minimum absolute atomic E-state index is 0.0238. The summed E-state index contributed by atoms with van der Waals surface area (Å²) in [6.45, 7) is 11.4. The van der Waals surface area contributed by atoms with E-state index in [1.54, 1.807) is 0 Å². The highest BCUT2D eigenvalue weighted by Crippen LogP contribution is 2.23. The molecule has 3 N–H and O–H groups in total. The Balaban J connectivity index is 2.52. The monoisotopic (exact) mass is 347 g/mol. The van der Waals surface area contributed by atoms with Gasteiger partial charge >= 0.3 is 0 Å². The Morgan fingerprint density at radius 2 is 1.44 bits per heavy atom. The standard InChI is InChI=1S/C20H33N3O2/c1-6-11-21-18(24)12-22-19(25)13-23-20(15(4)5)17-9-7-16(8-10-17)14(2)3/h7-10,14-15,20,23H,6,11-13H2,1-5H3,(H,21,24)(H,22,25)/t20-/m1/s1. The molecule has 0 aliphatic heterocycles. The van der Waals surface area contributed by atoms with Crippen LogP contribution >= 0.6 is 0 Å². The van der Waals surface area contributed by atoms with Crippen LogP contribution in [0.4, 0.5) is 0 Å². The SMILES string of the molecule is CCCNC(=O)CNC(=O)CN[C@@H](c1ccc(C(C)C)cc1)C(C)C. The summed E-state index contributed by atoms with van der Waals surface area (Å²) < 4.78 is 0. The van der Waals surface area contributed by atoms with Crippen molar-refractivity contribution in [3.63, 3.8) is 0 Å². The van der Waals surface area contributed by atoms with E-state index in [9.17, 15) is 9.59 Å². The summed E-state index contributed by atoms with van der Waals surface area (Å²) in [5.41, 5.74) is 2.48. The summed E-state index contributed by atoms with van der Waals surface area (Å²) >= 11 is 0. The van der Waals surface area contributed by atoms with Crippen LogP contribution in [0.1, 0.15) is 64.1 Å². The Morgan fingerprint density at radius 3 is 1.96 bits per heavy atom. The number of hydrogen-bond acceptors (Lipinski definition) is 3. The molecule has 0 bridgehead atoms. The molecule has 0 saturated heterocycles. The van der Waals surface area contributed by atoms with Crippen LogP contribution in [0.15, 0.2) is 24.3 Å². The quantitative estimate of drug-likeness (QED) is 0.609. The van der Waals surface area contributed by atoms with Gasteiger partial charge in [0.15, 0.2) is 0 Å². The smallest absolute Gasteiger partial charge is 0.239 e. The van der Waals surface area contributed by atoms with Gasteiger partial charge in [-0.05, 0) is 29.4 Å². The molecule has 140 valence electrons. The number of carbonyl (C=O) groups is 2. The van der Waals surface area contributed by atoms with Crippen LogP contribution in [0, 0.1) is 5.92 Å². The van der Waals surface area contributed by atoms with E-state index in [1.165, 1.54) is 11.1 Å². The van der Waals surface area contributed by atoms with Gasteiger partial charge in [-0.25, -0.2) is 0 Å². The zero-order valence-corrected chi connectivity index (χ0v) is 16.2. The van der Waals surface area contributed by atoms with Crippen LogP contribution in [-0.2, 0) is 9.59 Å². The molecule has 0 aliphatic rings. The maximum absolute atomic E-state index is 12.0. The molecule has 0 radical (unpaired) electrons. The van der Waals surface area contributed by atoms with Gasteiger partial charge in [0.25, 0.3) is 0 Å². The number of nitrogens with one attached hydrogen (secondary N) is 3. The zero-order chi connectivity index (χ0) is 18.8. The lowest BCUT2D eigenvalue weighted by Gasteiger charge is -2.23. The average Bonchev–Trinajstić information content (AvgIpc) is 2.58. The highest BCUT2D eigenvalue weighted by Gasteiger charge is 2.17. The maximum atomic E-state index is 12.0. The summed E-state index contributed by atoms with van der Waals surface area (Å²) in [4.78, 5) is 23.5. The molecule has 0 spiro atoms. The van der Waals surface area contributed by atoms with Crippen LogP contribution in [0.25, 0.3) is 0 Å². The van der Waals surface area contributed by atoms with Crippen molar-refractivity contribution in [1.29, 1.82) is 0 Å². The molecule has 5 nitrogen and oxygen atoms in total. The van der Waals surface area contributed by atoms with Gasteiger partial charge in [-0.15, -0.1) is 0 Å². The topological polar surface area (TPSA) is 70.2 Å². The molecule has 0 unspecified atom stereocenters. The molecule has 0 aliphatic carbocycles. The van der Waals surface area contributed by atoms with Gasteiger partial charge in [0, 0.05) is 12.6 Å². The summed E-state index contributed by atoms with van der Waals surface area (Å²) in [7, 11) is 0. The third kappa shape index (κ3) is 7.69. The second-order valence-corrected chi connectivity index (χ2v) is 7.05. The second-order valence-electron chi connectivity index (χ2n) is 7.05. The Morgan fingerprint density at radius 1 is 0.880 bits per heavy atom. The van der Waals surface area contributed by atoms with Crippen molar-refractivity contribution < 1.29 is 9.59 Å². The van der Waals surface area contributed by atoms with Gasteiger partial charge in [-0.3, -0.25) is 9.59 Å². The van der Waals surface area contributed by atoms with Crippen molar-refractivity contribution in [3.05, 3.63) is 35.4 Å². The van der Waals surface area contributed by atoms with Gasteiger partial charge < -0.3 is 16.0 Å². The predicted molar refractivity (Wildman–Crippen MR) is 102 cm³/mol. The van der Waals surface area contributed by atoms with Crippen LogP contribution < -0.4 is 16.0 Å². The Hall–Kier alpha value is -1.88. The van der Waals surface area contributed by atoms with Gasteiger partial charge in [-0.1, -0.05) is 58.9 Å². The first-order valence-electron chi connectivity index (χ1n) is 9.21. The zero-order valence-electron chi connectivity index (χ0n) is 16.2. The molecule has 2 amide bonds. The number of amides is 2. The summed E-state index contributed by atoms with van der Waals surface area (Å²) in [5.74, 6) is 0.533. The van der Waals surface area contributed by atoms with E-state index in [2.05, 4.69) is 67.9 Å². The fourth-order valence-corrected chi connectivity index (χ4v) is 2.60. The Kier molecular flexibility index (Phi) is 9.21. The van der Waals surface area contributed by atoms with Crippen LogP contribution in [0.5, 0.6) is 0 Å². The second kappa shape index (κ2) is 10.9. The molecule has 0 saturated carbocycles. The fraction of sp³-hybridized carbons (Fsp3) is 0.600. The molecule has 1 rings (SSSR count). The normalized spacial score (nSPS) is 12.3. The van der Waals surface area contributed by atoms with E-state index in [0.717, 1.165) is 6.42 Å². The maximum Gasteiger partial charge on any atom is 0.239 e. The average molecular weight is 348 g/mol. The number of carbonyl (C=O) groups excluding carboxylic acids is 2. The molecule has 0 fully saturated rings. The molecule has 0 aromatic heterocycles. The molecule has 5 heteroatoms. The predicted octanol–water partition coefficient (Wildman–Crippen LogP) is 2.74. The van der Waals surface area contributed by atoms with E-state index in [0.29, 0.717) is 18.4 Å². The first-order chi connectivity index (χ1) is 11.8. The lowest BCUT2D eigenvalue weighted by Crippen LogP contribution is -2.42. The van der Waals surface area contributed by atoms with Crippen molar-refractivity contribution in [2.75, 3.05) is 19.6 Å². The van der Waals surface area contributed by atoms with Crippen molar-refractivity contribution in [2.45, 2.75) is 53.0 Å². The highest BCUT2D eigenvalue weighted by atomic mass is 16.2. The van der Waals surface area contributed by atoms with Crippen molar-refractivity contribution in [3.8, 4) is 0 Å². The Labute approximate surface area is 152 Å². The summed E-state index contributed by atoms with van der Waals surface area (Å²) in [5, 5.41) is 8.69. The minimum Gasteiger partial charge on any atom is -0.355 e. The third-order valence-electron chi connectivity index (χ3n) is 4.13. The largest absolute Gasteiger partial charge is 0.355 e. The first kappa shape index (κ1) is 21.2. The summed E-state index contributed by atoms with van der Waals surface area (Å²) in [6.07, 6.45) is 0.882. The van der Waals surface area contributed by atoms with E-state index in [-0.39, 0.29) is 30.9 Å². The molecule has 1 aromatic rings. The van der Waals surface area contributed by atoms with E-state index >= 15 is 0 Å².